The molecule has 204 valence electrons. The van der Waals surface area contributed by atoms with Gasteiger partial charge >= 0.3 is 0 Å². The van der Waals surface area contributed by atoms with Gasteiger partial charge in [-0.1, -0.05) is 44.7 Å². The summed E-state index contributed by atoms with van der Waals surface area (Å²) in [5.74, 6) is -0.532. The number of rotatable bonds is 24. The predicted octanol–water partition coefficient (Wildman–Crippen LogP) is 3.35. The number of amides is 2. The summed E-state index contributed by atoms with van der Waals surface area (Å²) in [6.45, 7) is 8.61. The van der Waals surface area contributed by atoms with Gasteiger partial charge in [0, 0.05) is 6.61 Å². The number of benzene rings is 1. The van der Waals surface area contributed by atoms with E-state index in [1.807, 2.05) is 0 Å². The average Bonchev–Trinajstić information content (AvgIpc) is 3.14. The molecule has 0 saturated carbocycles. The van der Waals surface area contributed by atoms with Gasteiger partial charge in [-0.05, 0) is 18.6 Å². The first-order valence-electron chi connectivity index (χ1n) is 13.2. The van der Waals surface area contributed by atoms with E-state index < -0.39 is 0 Å². The molecule has 0 N–H and O–H groups in total. The molecule has 1 aliphatic heterocycles. The third-order valence-corrected chi connectivity index (χ3v) is 5.59. The van der Waals surface area contributed by atoms with Crippen molar-refractivity contribution in [2.75, 3.05) is 85.8 Å². The maximum atomic E-state index is 12.3. The van der Waals surface area contributed by atoms with Crippen molar-refractivity contribution in [3.8, 4) is 0 Å². The highest BCUT2D eigenvalue weighted by atomic mass is 16.6. The predicted molar refractivity (Wildman–Crippen MR) is 135 cm³/mol. The molecule has 1 aromatic carbocycles. The lowest BCUT2D eigenvalue weighted by Crippen LogP contribution is -2.33. The summed E-state index contributed by atoms with van der Waals surface area (Å²) in [5.41, 5.74) is 0.905. The van der Waals surface area contributed by atoms with Crippen LogP contribution in [0.15, 0.2) is 24.3 Å². The Kier molecular flexibility index (Phi) is 17.0. The van der Waals surface area contributed by atoms with E-state index in [2.05, 4.69) is 6.92 Å². The minimum absolute atomic E-state index is 0.230. The van der Waals surface area contributed by atoms with Crippen LogP contribution in [0.5, 0.6) is 0 Å². The zero-order valence-corrected chi connectivity index (χ0v) is 21.8. The summed E-state index contributed by atoms with van der Waals surface area (Å²) in [5, 5.41) is 0. The molecule has 0 unspecified atom stereocenters. The number of ether oxygens (including phenoxy) is 6. The quantitative estimate of drug-likeness (QED) is 0.155. The Hall–Kier alpha value is -1.88. The first-order valence-corrected chi connectivity index (χ1v) is 13.2. The lowest BCUT2D eigenvalue weighted by atomic mass is 10.1. The van der Waals surface area contributed by atoms with Crippen LogP contribution in [0.25, 0.3) is 0 Å². The SMILES string of the molecule is CCCCCCCOCCOCCOCCOCCOCCOCCN1C(=O)c2ccccc2C1=O. The molecule has 9 heteroatoms. The van der Waals surface area contributed by atoms with Gasteiger partial charge in [-0.3, -0.25) is 14.5 Å². The first-order chi connectivity index (χ1) is 17.8. The fourth-order valence-corrected chi connectivity index (χ4v) is 3.61. The zero-order chi connectivity index (χ0) is 25.7. The summed E-state index contributed by atoms with van der Waals surface area (Å²) in [7, 11) is 0. The number of carbonyl (C=O) groups excluding carboxylic acids is 2. The van der Waals surface area contributed by atoms with Crippen LogP contribution in [0, 0.1) is 0 Å². The van der Waals surface area contributed by atoms with Gasteiger partial charge in [0.05, 0.1) is 90.3 Å². The monoisotopic (exact) mass is 509 g/mol. The van der Waals surface area contributed by atoms with Gasteiger partial charge in [0.2, 0.25) is 0 Å². The van der Waals surface area contributed by atoms with E-state index in [9.17, 15) is 9.59 Å². The number of hydrogen-bond donors (Lipinski definition) is 0. The van der Waals surface area contributed by atoms with Gasteiger partial charge in [0.1, 0.15) is 0 Å². The highest BCUT2D eigenvalue weighted by molar-refractivity contribution is 6.21. The minimum atomic E-state index is -0.266. The molecule has 0 aromatic heterocycles. The topological polar surface area (TPSA) is 92.8 Å². The van der Waals surface area contributed by atoms with Crippen molar-refractivity contribution in [3.05, 3.63) is 35.4 Å². The Balaban J connectivity index is 1.26. The Morgan fingerprint density at radius 2 is 0.917 bits per heavy atom. The molecular formula is C27H43NO8. The van der Waals surface area contributed by atoms with Gasteiger partial charge in [0.25, 0.3) is 11.8 Å². The minimum Gasteiger partial charge on any atom is -0.379 e. The summed E-state index contributed by atoms with van der Waals surface area (Å²) in [6.07, 6.45) is 6.24. The van der Waals surface area contributed by atoms with Gasteiger partial charge in [-0.15, -0.1) is 0 Å². The standard InChI is InChI=1S/C27H43NO8/c1-2-3-4-5-8-12-31-14-16-33-18-20-35-22-23-36-21-19-34-17-15-32-13-11-28-26(29)24-9-6-7-10-25(24)27(28)30/h6-7,9-10H,2-5,8,11-23H2,1H3. The molecular weight excluding hydrogens is 466 g/mol. The molecule has 0 atom stereocenters. The molecule has 0 fully saturated rings. The summed E-state index contributed by atoms with van der Waals surface area (Å²) < 4.78 is 32.9. The maximum absolute atomic E-state index is 12.3. The highest BCUT2D eigenvalue weighted by Gasteiger charge is 2.34. The molecule has 36 heavy (non-hydrogen) atoms. The van der Waals surface area contributed by atoms with Crippen LogP contribution in [0.4, 0.5) is 0 Å². The highest BCUT2D eigenvalue weighted by Crippen LogP contribution is 2.21. The van der Waals surface area contributed by atoms with Gasteiger partial charge in [-0.2, -0.15) is 0 Å². The van der Waals surface area contributed by atoms with Gasteiger partial charge in [0.15, 0.2) is 0 Å². The van der Waals surface area contributed by atoms with E-state index in [1.54, 1.807) is 24.3 Å². The Labute approximate surface area is 215 Å². The van der Waals surface area contributed by atoms with Crippen LogP contribution in [0.2, 0.25) is 0 Å². The van der Waals surface area contributed by atoms with Crippen LogP contribution in [0.1, 0.15) is 59.7 Å². The van der Waals surface area contributed by atoms with E-state index in [0.29, 0.717) is 77.2 Å². The molecule has 0 saturated heterocycles. The zero-order valence-electron chi connectivity index (χ0n) is 21.8. The van der Waals surface area contributed by atoms with Crippen LogP contribution in [-0.4, -0.2) is 103 Å². The second kappa shape index (κ2) is 20.2. The fraction of sp³-hybridized carbons (Fsp3) is 0.704. The molecule has 2 amide bonds. The van der Waals surface area contributed by atoms with Crippen LogP contribution < -0.4 is 0 Å². The van der Waals surface area contributed by atoms with Gasteiger partial charge in [-0.25, -0.2) is 0 Å². The molecule has 1 aromatic rings. The molecule has 2 rings (SSSR count). The molecule has 0 radical (unpaired) electrons. The molecule has 1 heterocycles. The number of carbonyl (C=O) groups is 2. The van der Waals surface area contributed by atoms with E-state index in [0.717, 1.165) is 13.0 Å². The van der Waals surface area contributed by atoms with E-state index in [1.165, 1.54) is 30.6 Å². The van der Waals surface area contributed by atoms with Crippen molar-refractivity contribution in [1.29, 1.82) is 0 Å². The molecule has 0 spiro atoms. The number of nitrogens with zero attached hydrogens (tertiary/aromatic N) is 1. The summed E-state index contributed by atoms with van der Waals surface area (Å²) >= 11 is 0. The second-order valence-electron chi connectivity index (χ2n) is 8.40. The van der Waals surface area contributed by atoms with E-state index in [-0.39, 0.29) is 25.0 Å². The number of fused-ring (bicyclic) bond motifs is 1. The lowest BCUT2D eigenvalue weighted by molar-refractivity contribution is -0.0173. The molecule has 0 bridgehead atoms. The second-order valence-corrected chi connectivity index (χ2v) is 8.40. The van der Waals surface area contributed by atoms with Crippen LogP contribution in [0.3, 0.4) is 0 Å². The Morgan fingerprint density at radius 1 is 0.528 bits per heavy atom. The molecule has 0 aliphatic carbocycles. The van der Waals surface area contributed by atoms with Gasteiger partial charge < -0.3 is 28.4 Å². The van der Waals surface area contributed by atoms with Crippen molar-refractivity contribution in [2.24, 2.45) is 0 Å². The lowest BCUT2D eigenvalue weighted by Gasteiger charge is -2.13. The van der Waals surface area contributed by atoms with Crippen molar-refractivity contribution >= 4 is 11.8 Å². The van der Waals surface area contributed by atoms with Crippen LogP contribution in [-0.2, 0) is 28.4 Å². The summed E-state index contributed by atoms with van der Waals surface area (Å²) in [6, 6.07) is 6.84. The maximum Gasteiger partial charge on any atom is 0.261 e. The first kappa shape index (κ1) is 30.3. The molecule has 1 aliphatic rings. The van der Waals surface area contributed by atoms with E-state index in [4.69, 9.17) is 28.4 Å². The Bertz CT molecular complexity index is 694. The number of unbranched alkanes of at least 4 members (excludes halogenated alkanes) is 4. The number of imide groups is 1. The van der Waals surface area contributed by atoms with Crippen LogP contribution >= 0.6 is 0 Å². The van der Waals surface area contributed by atoms with Crippen molar-refractivity contribution in [2.45, 2.75) is 39.0 Å². The van der Waals surface area contributed by atoms with E-state index >= 15 is 0 Å². The third kappa shape index (κ3) is 12.4. The van der Waals surface area contributed by atoms with Crippen molar-refractivity contribution in [1.82, 2.24) is 4.90 Å². The van der Waals surface area contributed by atoms with Crippen molar-refractivity contribution < 1.29 is 38.0 Å². The largest absolute Gasteiger partial charge is 0.379 e. The summed E-state index contributed by atoms with van der Waals surface area (Å²) in [4.78, 5) is 25.7. The Morgan fingerprint density at radius 3 is 1.36 bits per heavy atom. The average molecular weight is 510 g/mol. The smallest absolute Gasteiger partial charge is 0.261 e. The number of hydrogen-bond acceptors (Lipinski definition) is 8. The normalized spacial score (nSPS) is 13.1. The third-order valence-electron chi connectivity index (χ3n) is 5.59. The molecule has 9 nitrogen and oxygen atoms in total. The van der Waals surface area contributed by atoms with Crippen molar-refractivity contribution in [3.63, 3.8) is 0 Å². The fourth-order valence-electron chi connectivity index (χ4n) is 3.61.